The molecule has 0 saturated heterocycles. The minimum Gasteiger partial charge on any atom is -0.480 e. The first-order valence-electron chi connectivity index (χ1n) is 11.2. The van der Waals surface area contributed by atoms with Crippen LogP contribution in [-0.4, -0.2) is 54.5 Å². The number of hydrogen-bond donors (Lipinski definition) is 0. The van der Waals surface area contributed by atoms with Crippen LogP contribution in [0.15, 0.2) is 49.2 Å². The van der Waals surface area contributed by atoms with Gasteiger partial charge in [0.05, 0.1) is 31.0 Å². The van der Waals surface area contributed by atoms with Gasteiger partial charge in [-0.1, -0.05) is 0 Å². The van der Waals surface area contributed by atoms with Gasteiger partial charge in [-0.15, -0.1) is 0 Å². The summed E-state index contributed by atoms with van der Waals surface area (Å²) in [5.74, 6) is 0.454. The van der Waals surface area contributed by atoms with Gasteiger partial charge in [0.15, 0.2) is 5.65 Å². The Hall–Kier alpha value is -4.22. The zero-order chi connectivity index (χ0) is 25.0. The van der Waals surface area contributed by atoms with Crippen molar-refractivity contribution in [2.24, 2.45) is 0 Å². The minimum absolute atomic E-state index is 0.0494. The third-order valence-electron chi connectivity index (χ3n) is 6.37. The van der Waals surface area contributed by atoms with Gasteiger partial charge in [0, 0.05) is 53.5 Å². The number of ether oxygens (including phenoxy) is 2. The van der Waals surface area contributed by atoms with Crippen LogP contribution >= 0.6 is 0 Å². The summed E-state index contributed by atoms with van der Waals surface area (Å²) < 4.78 is 52.5. The van der Waals surface area contributed by atoms with E-state index >= 15 is 0 Å². The molecule has 5 aromatic rings. The summed E-state index contributed by atoms with van der Waals surface area (Å²) in [5.41, 5.74) is 4.13. The average Bonchev–Trinajstić information content (AvgIpc) is 3.35. The van der Waals surface area contributed by atoms with Crippen LogP contribution in [0, 0.1) is 0 Å². The third-order valence-corrected chi connectivity index (χ3v) is 6.37. The average molecular weight is 495 g/mol. The fourth-order valence-electron chi connectivity index (χ4n) is 4.62. The van der Waals surface area contributed by atoms with Crippen LogP contribution in [-0.2, 0) is 6.54 Å². The molecule has 184 valence electrons. The summed E-state index contributed by atoms with van der Waals surface area (Å²) >= 11 is 0. The first-order valence-corrected chi connectivity index (χ1v) is 11.2. The lowest BCUT2D eigenvalue weighted by Gasteiger charge is -2.11. The lowest BCUT2D eigenvalue weighted by atomic mass is 10.1. The van der Waals surface area contributed by atoms with E-state index in [2.05, 4.69) is 25.0 Å². The van der Waals surface area contributed by atoms with Gasteiger partial charge in [-0.3, -0.25) is 4.98 Å². The van der Waals surface area contributed by atoms with Gasteiger partial charge >= 0.3 is 12.2 Å². The standard InChI is InChI=1S/C24H20F3N7O2/c1-35-22-17(11-30-23(31-22)36-2)19-8-16(21-28-4-6-34(21)32-19)14-7-15(14)18-9-20-13(10-29-18)3-5-33(20)12-24(25,26)27/h3-6,8-11,14-15H,7,12H2,1-2H3/t14-,15-/m0/s1. The molecule has 1 fully saturated rings. The second kappa shape index (κ2) is 8.18. The highest BCUT2D eigenvalue weighted by Crippen LogP contribution is 2.55. The van der Waals surface area contributed by atoms with Crippen molar-refractivity contribution in [1.82, 2.24) is 34.1 Å². The Morgan fingerprint density at radius 1 is 1.03 bits per heavy atom. The van der Waals surface area contributed by atoms with Gasteiger partial charge in [-0.2, -0.15) is 23.3 Å². The topological polar surface area (TPSA) is 92.2 Å². The molecule has 0 amide bonds. The van der Waals surface area contributed by atoms with E-state index in [1.165, 1.54) is 25.0 Å². The van der Waals surface area contributed by atoms with Crippen molar-refractivity contribution in [1.29, 1.82) is 0 Å². The molecule has 0 aliphatic heterocycles. The first-order chi connectivity index (χ1) is 17.3. The highest BCUT2D eigenvalue weighted by Gasteiger charge is 2.43. The van der Waals surface area contributed by atoms with Crippen molar-refractivity contribution in [2.75, 3.05) is 14.2 Å². The number of alkyl halides is 3. The van der Waals surface area contributed by atoms with Crippen LogP contribution in [0.5, 0.6) is 11.9 Å². The Kier molecular flexibility index (Phi) is 5.06. The lowest BCUT2D eigenvalue weighted by molar-refractivity contribution is -0.139. The molecule has 0 bridgehead atoms. The predicted molar refractivity (Wildman–Crippen MR) is 123 cm³/mol. The monoisotopic (exact) mass is 495 g/mol. The van der Waals surface area contributed by atoms with Gasteiger partial charge in [-0.25, -0.2) is 14.5 Å². The molecule has 12 heteroatoms. The summed E-state index contributed by atoms with van der Waals surface area (Å²) in [6, 6.07) is 5.52. The molecule has 36 heavy (non-hydrogen) atoms. The molecule has 6 rings (SSSR count). The van der Waals surface area contributed by atoms with Gasteiger partial charge in [-0.05, 0) is 30.5 Å². The van der Waals surface area contributed by atoms with Crippen molar-refractivity contribution in [3.63, 3.8) is 0 Å². The molecule has 1 saturated carbocycles. The molecule has 5 aromatic heterocycles. The van der Waals surface area contributed by atoms with E-state index < -0.39 is 12.7 Å². The summed E-state index contributed by atoms with van der Waals surface area (Å²) in [6.45, 7) is -1.04. The fraction of sp³-hybridized carbons (Fsp3) is 0.292. The Morgan fingerprint density at radius 3 is 2.67 bits per heavy atom. The lowest BCUT2D eigenvalue weighted by Crippen LogP contribution is -2.16. The van der Waals surface area contributed by atoms with Crippen LogP contribution in [0.4, 0.5) is 13.2 Å². The molecule has 1 aliphatic rings. The SMILES string of the molecule is COc1ncc(-c2cc([C@H]3C[C@@H]3c3cc4c(ccn4CC(F)(F)F)cn3)c3nccn3n2)c(OC)n1. The Morgan fingerprint density at radius 2 is 1.89 bits per heavy atom. The van der Waals surface area contributed by atoms with E-state index in [1.54, 1.807) is 41.4 Å². The molecule has 0 unspecified atom stereocenters. The molecule has 0 aromatic carbocycles. The zero-order valence-corrected chi connectivity index (χ0v) is 19.3. The van der Waals surface area contributed by atoms with E-state index in [-0.39, 0.29) is 17.8 Å². The number of methoxy groups -OCH3 is 2. The maximum atomic E-state index is 13.0. The maximum absolute atomic E-state index is 13.0. The van der Waals surface area contributed by atoms with Crippen molar-refractivity contribution in [3.05, 3.63) is 60.4 Å². The first kappa shape index (κ1) is 22.3. The summed E-state index contributed by atoms with van der Waals surface area (Å²) in [6.07, 6.45) is 4.59. The molecule has 0 spiro atoms. The van der Waals surface area contributed by atoms with E-state index in [1.807, 2.05) is 6.07 Å². The normalized spacial score (nSPS) is 17.6. The Bertz CT molecular complexity index is 1590. The quantitative estimate of drug-likeness (QED) is 0.345. The number of aromatic nitrogens is 7. The van der Waals surface area contributed by atoms with Crippen LogP contribution in [0.25, 0.3) is 27.8 Å². The van der Waals surface area contributed by atoms with Crippen LogP contribution in [0.1, 0.15) is 29.5 Å². The predicted octanol–water partition coefficient (Wildman–Crippen LogP) is 4.39. The molecule has 5 heterocycles. The largest absolute Gasteiger partial charge is 0.480 e. The van der Waals surface area contributed by atoms with E-state index in [0.29, 0.717) is 33.7 Å². The van der Waals surface area contributed by atoms with Crippen LogP contribution in [0.2, 0.25) is 0 Å². The number of nitrogens with zero attached hydrogens (tertiary/aromatic N) is 7. The van der Waals surface area contributed by atoms with Crippen molar-refractivity contribution >= 4 is 16.6 Å². The zero-order valence-electron chi connectivity index (χ0n) is 19.3. The van der Waals surface area contributed by atoms with Gasteiger partial charge < -0.3 is 14.0 Å². The van der Waals surface area contributed by atoms with E-state index in [9.17, 15) is 13.2 Å². The fourth-order valence-corrected chi connectivity index (χ4v) is 4.62. The smallest absolute Gasteiger partial charge is 0.406 e. The van der Waals surface area contributed by atoms with Crippen molar-refractivity contribution in [3.8, 4) is 23.1 Å². The Labute approximate surface area is 202 Å². The van der Waals surface area contributed by atoms with Gasteiger partial charge in [0.25, 0.3) is 0 Å². The minimum atomic E-state index is -4.30. The number of imidazole rings is 1. The summed E-state index contributed by atoms with van der Waals surface area (Å²) in [5, 5.41) is 5.32. The van der Waals surface area contributed by atoms with Crippen molar-refractivity contribution < 1.29 is 22.6 Å². The molecule has 2 atom stereocenters. The highest BCUT2D eigenvalue weighted by atomic mass is 19.4. The van der Waals surface area contributed by atoms with Crippen LogP contribution < -0.4 is 9.47 Å². The summed E-state index contributed by atoms with van der Waals surface area (Å²) in [4.78, 5) is 17.5. The number of hydrogen-bond acceptors (Lipinski definition) is 7. The van der Waals surface area contributed by atoms with E-state index in [4.69, 9.17) is 9.47 Å². The molecular formula is C24H20F3N7O2. The summed E-state index contributed by atoms with van der Waals surface area (Å²) in [7, 11) is 2.98. The molecular weight excluding hydrogens is 475 g/mol. The molecule has 9 nitrogen and oxygen atoms in total. The Balaban J connectivity index is 1.37. The number of fused-ring (bicyclic) bond motifs is 2. The second-order valence-corrected chi connectivity index (χ2v) is 8.64. The highest BCUT2D eigenvalue weighted by molar-refractivity contribution is 5.80. The molecule has 1 aliphatic carbocycles. The number of rotatable bonds is 6. The second-order valence-electron chi connectivity index (χ2n) is 8.64. The van der Waals surface area contributed by atoms with Crippen molar-refractivity contribution in [2.45, 2.75) is 31.0 Å². The number of halogens is 3. The van der Waals surface area contributed by atoms with Gasteiger partial charge in [0.2, 0.25) is 5.88 Å². The molecule has 0 N–H and O–H groups in total. The third kappa shape index (κ3) is 3.88. The molecule has 0 radical (unpaired) electrons. The number of pyridine rings is 1. The van der Waals surface area contributed by atoms with Crippen LogP contribution in [0.3, 0.4) is 0 Å². The maximum Gasteiger partial charge on any atom is 0.406 e. The van der Waals surface area contributed by atoms with E-state index in [0.717, 1.165) is 17.7 Å². The van der Waals surface area contributed by atoms with Gasteiger partial charge in [0.1, 0.15) is 6.54 Å².